The SMILES string of the molecule is COCCCn1c(=S)[nH]c2cc(C(=O)Nc3ccc(C)c(F)c3)ccc2c1=O. The number of carbonyl (C=O) groups is 1. The van der Waals surface area contributed by atoms with Crippen molar-refractivity contribution in [2.24, 2.45) is 0 Å². The minimum Gasteiger partial charge on any atom is -0.385 e. The Hall–Kier alpha value is -2.84. The van der Waals surface area contributed by atoms with E-state index >= 15 is 0 Å². The van der Waals surface area contributed by atoms with Crippen molar-refractivity contribution in [3.63, 3.8) is 0 Å². The number of H-pyrrole nitrogens is 1. The number of hydrogen-bond donors (Lipinski definition) is 2. The maximum Gasteiger partial charge on any atom is 0.262 e. The van der Waals surface area contributed by atoms with Crippen molar-refractivity contribution in [2.45, 2.75) is 19.9 Å². The lowest BCUT2D eigenvalue weighted by Gasteiger charge is -2.10. The van der Waals surface area contributed by atoms with Crippen LogP contribution >= 0.6 is 12.2 Å². The Morgan fingerprint density at radius 3 is 2.79 bits per heavy atom. The van der Waals surface area contributed by atoms with Crippen molar-refractivity contribution in [1.29, 1.82) is 0 Å². The number of amides is 1. The first-order chi connectivity index (χ1) is 13.4. The molecule has 0 aliphatic rings. The molecular weight excluding hydrogens is 381 g/mol. The largest absolute Gasteiger partial charge is 0.385 e. The molecule has 28 heavy (non-hydrogen) atoms. The van der Waals surface area contributed by atoms with Gasteiger partial charge in [-0.05, 0) is 61.5 Å². The van der Waals surface area contributed by atoms with E-state index in [4.69, 9.17) is 17.0 Å². The molecule has 0 saturated heterocycles. The van der Waals surface area contributed by atoms with Gasteiger partial charge in [0.05, 0.1) is 10.9 Å². The summed E-state index contributed by atoms with van der Waals surface area (Å²) in [6, 6.07) is 9.19. The first kappa shape index (κ1) is 19.9. The van der Waals surface area contributed by atoms with Gasteiger partial charge in [0.2, 0.25) is 0 Å². The van der Waals surface area contributed by atoms with Crippen LogP contribution in [0.1, 0.15) is 22.3 Å². The lowest BCUT2D eigenvalue weighted by atomic mass is 10.1. The second-order valence-electron chi connectivity index (χ2n) is 6.41. The Morgan fingerprint density at radius 1 is 1.29 bits per heavy atom. The number of ether oxygens (including phenoxy) is 1. The van der Waals surface area contributed by atoms with Gasteiger partial charge >= 0.3 is 0 Å². The number of fused-ring (bicyclic) bond motifs is 1. The summed E-state index contributed by atoms with van der Waals surface area (Å²) in [4.78, 5) is 28.2. The van der Waals surface area contributed by atoms with Crippen molar-refractivity contribution in [3.05, 3.63) is 68.5 Å². The molecule has 1 aromatic heterocycles. The van der Waals surface area contributed by atoms with Gasteiger partial charge in [0, 0.05) is 31.5 Å². The molecule has 146 valence electrons. The van der Waals surface area contributed by atoms with E-state index < -0.39 is 11.7 Å². The Balaban J connectivity index is 1.90. The molecule has 0 unspecified atom stereocenters. The predicted octanol–water partition coefficient (Wildman–Crippen LogP) is 3.80. The number of anilines is 1. The molecule has 6 nitrogen and oxygen atoms in total. The second kappa shape index (κ2) is 8.45. The molecule has 3 aromatic rings. The van der Waals surface area contributed by atoms with E-state index in [0.29, 0.717) is 47.3 Å². The van der Waals surface area contributed by atoms with Crippen molar-refractivity contribution >= 4 is 34.7 Å². The highest BCUT2D eigenvalue weighted by atomic mass is 32.1. The van der Waals surface area contributed by atoms with Crippen LogP contribution in [0.2, 0.25) is 0 Å². The third-order valence-corrected chi connectivity index (χ3v) is 4.73. The van der Waals surface area contributed by atoms with Crippen LogP contribution in [0, 0.1) is 17.5 Å². The minimum atomic E-state index is -0.409. The lowest BCUT2D eigenvalue weighted by Crippen LogP contribution is -2.23. The molecule has 2 N–H and O–H groups in total. The number of nitrogens with zero attached hydrogens (tertiary/aromatic N) is 1. The predicted molar refractivity (Wildman–Crippen MR) is 109 cm³/mol. The van der Waals surface area contributed by atoms with E-state index in [0.717, 1.165) is 0 Å². The normalized spacial score (nSPS) is 11.0. The molecule has 8 heteroatoms. The molecule has 0 aliphatic heterocycles. The average Bonchev–Trinajstić information content (AvgIpc) is 2.67. The number of benzene rings is 2. The zero-order valence-electron chi connectivity index (χ0n) is 15.5. The van der Waals surface area contributed by atoms with Crippen LogP contribution < -0.4 is 10.9 Å². The zero-order valence-corrected chi connectivity index (χ0v) is 16.4. The summed E-state index contributed by atoms with van der Waals surface area (Å²) in [7, 11) is 1.60. The van der Waals surface area contributed by atoms with Gasteiger partial charge in [0.25, 0.3) is 11.5 Å². The van der Waals surface area contributed by atoms with Crippen LogP contribution in [0.4, 0.5) is 10.1 Å². The number of aryl methyl sites for hydroxylation is 1. The van der Waals surface area contributed by atoms with Gasteiger partial charge in [0.15, 0.2) is 4.77 Å². The van der Waals surface area contributed by atoms with Gasteiger partial charge in [0.1, 0.15) is 5.82 Å². The fourth-order valence-corrected chi connectivity index (χ4v) is 3.12. The molecule has 0 spiro atoms. The molecular formula is C20H20FN3O3S. The smallest absolute Gasteiger partial charge is 0.262 e. The summed E-state index contributed by atoms with van der Waals surface area (Å²) in [6.45, 7) is 2.62. The van der Waals surface area contributed by atoms with Crippen LogP contribution in [-0.2, 0) is 11.3 Å². The van der Waals surface area contributed by atoms with Crippen LogP contribution in [0.15, 0.2) is 41.2 Å². The van der Waals surface area contributed by atoms with Crippen LogP contribution in [-0.4, -0.2) is 29.2 Å². The number of methoxy groups -OCH3 is 1. The van der Waals surface area contributed by atoms with Crippen molar-refractivity contribution in [1.82, 2.24) is 9.55 Å². The lowest BCUT2D eigenvalue weighted by molar-refractivity contribution is 0.102. The van der Waals surface area contributed by atoms with E-state index in [1.54, 1.807) is 44.4 Å². The summed E-state index contributed by atoms with van der Waals surface area (Å²) in [5.41, 5.74) is 1.44. The second-order valence-corrected chi connectivity index (χ2v) is 6.80. The quantitative estimate of drug-likeness (QED) is 0.487. The maximum atomic E-state index is 13.7. The van der Waals surface area contributed by atoms with Gasteiger partial charge in [-0.3, -0.25) is 14.2 Å². The first-order valence-corrected chi connectivity index (χ1v) is 9.15. The van der Waals surface area contributed by atoms with Crippen LogP contribution in [0.3, 0.4) is 0 Å². The van der Waals surface area contributed by atoms with Crippen LogP contribution in [0.25, 0.3) is 10.9 Å². The van der Waals surface area contributed by atoms with Crippen molar-refractivity contribution in [3.8, 4) is 0 Å². The van der Waals surface area contributed by atoms with E-state index in [9.17, 15) is 14.0 Å². The molecule has 0 atom stereocenters. The van der Waals surface area contributed by atoms with Gasteiger partial charge in [-0.25, -0.2) is 4.39 Å². The minimum absolute atomic E-state index is 0.220. The van der Waals surface area contributed by atoms with E-state index in [-0.39, 0.29) is 10.3 Å². The number of hydrogen-bond acceptors (Lipinski definition) is 4. The van der Waals surface area contributed by atoms with E-state index in [2.05, 4.69) is 10.3 Å². The fourth-order valence-electron chi connectivity index (χ4n) is 2.84. The summed E-state index contributed by atoms with van der Waals surface area (Å²) >= 11 is 5.28. The summed E-state index contributed by atoms with van der Waals surface area (Å²) in [5, 5.41) is 3.08. The summed E-state index contributed by atoms with van der Waals surface area (Å²) in [6.07, 6.45) is 0.660. The fraction of sp³-hybridized carbons (Fsp3) is 0.250. The number of aromatic amines is 1. The molecule has 3 rings (SSSR count). The number of aromatic nitrogens is 2. The highest BCUT2D eigenvalue weighted by molar-refractivity contribution is 7.71. The average molecular weight is 401 g/mol. The number of rotatable bonds is 6. The molecule has 0 aliphatic carbocycles. The van der Waals surface area contributed by atoms with Gasteiger partial charge in [-0.2, -0.15) is 0 Å². The molecule has 0 bridgehead atoms. The summed E-state index contributed by atoms with van der Waals surface area (Å²) in [5.74, 6) is -0.803. The van der Waals surface area contributed by atoms with E-state index in [1.165, 1.54) is 10.6 Å². The number of nitrogens with one attached hydrogen (secondary N) is 2. The Labute approximate surface area is 166 Å². The Morgan fingerprint density at radius 2 is 2.07 bits per heavy atom. The maximum absolute atomic E-state index is 13.7. The molecule has 0 fully saturated rings. The van der Waals surface area contributed by atoms with Crippen molar-refractivity contribution in [2.75, 3.05) is 19.0 Å². The highest BCUT2D eigenvalue weighted by Gasteiger charge is 2.11. The Kier molecular flexibility index (Phi) is 6.01. The number of carbonyl (C=O) groups excluding carboxylic acids is 1. The zero-order chi connectivity index (χ0) is 20.3. The third kappa shape index (κ3) is 4.18. The van der Waals surface area contributed by atoms with Gasteiger partial charge < -0.3 is 15.0 Å². The van der Waals surface area contributed by atoms with Crippen LogP contribution in [0.5, 0.6) is 0 Å². The van der Waals surface area contributed by atoms with Gasteiger partial charge in [-0.15, -0.1) is 0 Å². The standard InChI is InChI=1S/C20H20FN3O3S/c1-12-4-6-14(11-16(12)21)22-18(25)13-5-7-15-17(10-13)23-20(28)24(19(15)26)8-3-9-27-2/h4-7,10-11H,3,8-9H2,1-2H3,(H,22,25)(H,23,28). The van der Waals surface area contributed by atoms with Crippen molar-refractivity contribution < 1.29 is 13.9 Å². The molecule has 1 amide bonds. The molecule has 1 heterocycles. The summed E-state index contributed by atoms with van der Waals surface area (Å²) < 4.78 is 20.4. The molecule has 0 radical (unpaired) electrons. The third-order valence-electron chi connectivity index (χ3n) is 4.40. The Bertz CT molecular complexity index is 1150. The van der Waals surface area contributed by atoms with E-state index in [1.807, 2.05) is 0 Å². The monoisotopic (exact) mass is 401 g/mol. The first-order valence-electron chi connectivity index (χ1n) is 8.74. The highest BCUT2D eigenvalue weighted by Crippen LogP contribution is 2.16. The number of halogens is 1. The molecule has 0 saturated carbocycles. The topological polar surface area (TPSA) is 76.1 Å². The molecule has 2 aromatic carbocycles. The van der Waals surface area contributed by atoms with Gasteiger partial charge in [-0.1, -0.05) is 6.07 Å².